The van der Waals surface area contributed by atoms with Crippen LogP contribution in [0.5, 0.6) is 0 Å². The van der Waals surface area contributed by atoms with Crippen LogP contribution in [0, 0.1) is 0 Å². The summed E-state index contributed by atoms with van der Waals surface area (Å²) >= 11 is 0. The lowest BCUT2D eigenvalue weighted by molar-refractivity contribution is -0.134. The first-order chi connectivity index (χ1) is 12.2. The third-order valence-corrected chi connectivity index (χ3v) is 5.26. The predicted molar refractivity (Wildman–Crippen MR) is 99.8 cm³/mol. The lowest BCUT2D eigenvalue weighted by atomic mass is 9.82. The van der Waals surface area contributed by atoms with Crippen molar-refractivity contribution in [1.82, 2.24) is 10.2 Å². The van der Waals surface area contributed by atoms with Gasteiger partial charge in [0.25, 0.3) is 5.91 Å². The van der Waals surface area contributed by atoms with Crippen LogP contribution < -0.4 is 10.6 Å². The standard InChI is InChI=1S/C20H27N3O3/c1-19(2,3)14-9-5-6-10-15(14)21-16(24)13-23-17(25)20(22-18(23)26)11-7-4-8-12-20/h5-6,9-10H,4,7-8,11-13H2,1-3H3,(H,21,24)(H,22,26). The maximum atomic E-state index is 12.8. The number of carbonyl (C=O) groups is 3. The molecular formula is C20H27N3O3. The van der Waals surface area contributed by atoms with Gasteiger partial charge in [0.15, 0.2) is 0 Å². The highest BCUT2D eigenvalue weighted by Crippen LogP contribution is 2.34. The van der Waals surface area contributed by atoms with Crippen LogP contribution in [0.3, 0.4) is 0 Å². The van der Waals surface area contributed by atoms with Crippen LogP contribution in [-0.2, 0) is 15.0 Å². The van der Waals surface area contributed by atoms with Gasteiger partial charge >= 0.3 is 6.03 Å². The first-order valence-electron chi connectivity index (χ1n) is 9.26. The Morgan fingerprint density at radius 3 is 2.46 bits per heavy atom. The highest BCUT2D eigenvalue weighted by molar-refractivity contribution is 6.10. The molecule has 1 heterocycles. The SMILES string of the molecule is CC(C)(C)c1ccccc1NC(=O)CN1C(=O)NC2(CCCCC2)C1=O. The molecule has 6 heteroatoms. The molecule has 2 fully saturated rings. The monoisotopic (exact) mass is 357 g/mol. The normalized spacial score (nSPS) is 19.6. The number of amides is 4. The number of rotatable bonds is 3. The smallest absolute Gasteiger partial charge is 0.324 e. The van der Waals surface area contributed by atoms with E-state index < -0.39 is 11.6 Å². The van der Waals surface area contributed by atoms with E-state index in [-0.39, 0.29) is 23.8 Å². The second-order valence-electron chi connectivity index (χ2n) is 8.31. The van der Waals surface area contributed by atoms with E-state index in [0.29, 0.717) is 18.5 Å². The van der Waals surface area contributed by atoms with Crippen molar-refractivity contribution in [2.24, 2.45) is 0 Å². The second kappa shape index (κ2) is 6.74. The van der Waals surface area contributed by atoms with Crippen molar-refractivity contribution < 1.29 is 14.4 Å². The topological polar surface area (TPSA) is 78.5 Å². The number of anilines is 1. The molecule has 140 valence electrons. The van der Waals surface area contributed by atoms with E-state index >= 15 is 0 Å². The third-order valence-electron chi connectivity index (χ3n) is 5.26. The zero-order chi connectivity index (χ0) is 18.9. The molecule has 4 amide bonds. The van der Waals surface area contributed by atoms with E-state index in [2.05, 4.69) is 31.4 Å². The van der Waals surface area contributed by atoms with E-state index in [1.54, 1.807) is 0 Å². The van der Waals surface area contributed by atoms with Crippen LogP contribution in [0.1, 0.15) is 58.4 Å². The van der Waals surface area contributed by atoms with Gasteiger partial charge in [-0.25, -0.2) is 4.79 Å². The summed E-state index contributed by atoms with van der Waals surface area (Å²) in [6, 6.07) is 7.14. The summed E-state index contributed by atoms with van der Waals surface area (Å²) in [7, 11) is 0. The second-order valence-corrected chi connectivity index (χ2v) is 8.31. The molecule has 1 aliphatic carbocycles. The summed E-state index contributed by atoms with van der Waals surface area (Å²) in [5.41, 5.74) is 0.800. The van der Waals surface area contributed by atoms with Crippen LogP contribution in [0.15, 0.2) is 24.3 Å². The van der Waals surface area contributed by atoms with Crippen molar-refractivity contribution in [3.05, 3.63) is 29.8 Å². The Kier molecular flexibility index (Phi) is 4.78. The van der Waals surface area contributed by atoms with Crippen molar-refractivity contribution >= 4 is 23.5 Å². The number of carbonyl (C=O) groups excluding carboxylic acids is 3. The number of hydrogen-bond donors (Lipinski definition) is 2. The molecule has 0 unspecified atom stereocenters. The number of imide groups is 1. The summed E-state index contributed by atoms with van der Waals surface area (Å²) in [5.74, 6) is -0.625. The van der Waals surface area contributed by atoms with E-state index in [0.717, 1.165) is 29.7 Å². The Labute approximate surface area is 154 Å². The molecule has 1 spiro atoms. The minimum Gasteiger partial charge on any atom is -0.324 e. The maximum absolute atomic E-state index is 12.8. The van der Waals surface area contributed by atoms with Gasteiger partial charge in [-0.3, -0.25) is 14.5 Å². The molecule has 1 aromatic carbocycles. The van der Waals surface area contributed by atoms with Crippen molar-refractivity contribution in [1.29, 1.82) is 0 Å². The Balaban J connectivity index is 1.71. The van der Waals surface area contributed by atoms with Gasteiger partial charge in [0.1, 0.15) is 12.1 Å². The largest absolute Gasteiger partial charge is 0.325 e. The molecule has 26 heavy (non-hydrogen) atoms. The summed E-state index contributed by atoms with van der Waals surface area (Å²) in [5, 5.41) is 5.70. The van der Waals surface area contributed by atoms with Gasteiger partial charge in [0, 0.05) is 5.69 Å². The molecule has 1 saturated heterocycles. The molecule has 0 aromatic heterocycles. The molecule has 2 N–H and O–H groups in total. The first-order valence-corrected chi connectivity index (χ1v) is 9.26. The van der Waals surface area contributed by atoms with Gasteiger partial charge in [-0.05, 0) is 29.9 Å². The van der Waals surface area contributed by atoms with Crippen LogP contribution in [-0.4, -0.2) is 34.8 Å². The fourth-order valence-corrected chi connectivity index (χ4v) is 3.89. The molecule has 1 aliphatic heterocycles. The summed E-state index contributed by atoms with van der Waals surface area (Å²) < 4.78 is 0. The van der Waals surface area contributed by atoms with Crippen LogP contribution in [0.4, 0.5) is 10.5 Å². The lowest BCUT2D eigenvalue weighted by Gasteiger charge is -2.30. The number of nitrogens with zero attached hydrogens (tertiary/aromatic N) is 1. The number of hydrogen-bond acceptors (Lipinski definition) is 3. The quantitative estimate of drug-likeness (QED) is 0.816. The molecule has 3 rings (SSSR count). The summed E-state index contributed by atoms with van der Waals surface area (Å²) in [6.07, 6.45) is 4.23. The third kappa shape index (κ3) is 3.45. The van der Waals surface area contributed by atoms with Gasteiger partial charge in [0.2, 0.25) is 5.91 Å². The molecule has 0 bridgehead atoms. The molecule has 1 aromatic rings. The lowest BCUT2D eigenvalue weighted by Crippen LogP contribution is -2.48. The summed E-state index contributed by atoms with van der Waals surface area (Å²) in [4.78, 5) is 38.6. The van der Waals surface area contributed by atoms with Gasteiger partial charge in [-0.2, -0.15) is 0 Å². The first kappa shape index (κ1) is 18.4. The highest BCUT2D eigenvalue weighted by atomic mass is 16.2. The van der Waals surface area contributed by atoms with E-state index in [1.165, 1.54) is 0 Å². The molecule has 0 atom stereocenters. The van der Waals surface area contributed by atoms with Crippen molar-refractivity contribution in [3.8, 4) is 0 Å². The average Bonchev–Trinajstić information content (AvgIpc) is 2.79. The maximum Gasteiger partial charge on any atom is 0.325 e. The van der Waals surface area contributed by atoms with Crippen LogP contribution >= 0.6 is 0 Å². The summed E-state index contributed by atoms with van der Waals surface area (Å²) in [6.45, 7) is 5.96. The molecule has 1 saturated carbocycles. The Morgan fingerprint density at radius 1 is 1.15 bits per heavy atom. The number of para-hydroxylation sites is 1. The molecule has 0 radical (unpaired) electrons. The van der Waals surface area contributed by atoms with Gasteiger partial charge in [-0.15, -0.1) is 0 Å². The van der Waals surface area contributed by atoms with Gasteiger partial charge < -0.3 is 10.6 Å². The molecule has 2 aliphatic rings. The minimum absolute atomic E-state index is 0.128. The average molecular weight is 357 g/mol. The zero-order valence-corrected chi connectivity index (χ0v) is 15.7. The molecular weight excluding hydrogens is 330 g/mol. The fourth-order valence-electron chi connectivity index (χ4n) is 3.89. The van der Waals surface area contributed by atoms with Crippen LogP contribution in [0.25, 0.3) is 0 Å². The van der Waals surface area contributed by atoms with Crippen molar-refractivity contribution in [2.75, 3.05) is 11.9 Å². The van der Waals surface area contributed by atoms with E-state index in [1.807, 2.05) is 24.3 Å². The van der Waals surface area contributed by atoms with Crippen molar-refractivity contribution in [3.63, 3.8) is 0 Å². The van der Waals surface area contributed by atoms with Crippen molar-refractivity contribution in [2.45, 2.75) is 63.8 Å². The van der Waals surface area contributed by atoms with Crippen LogP contribution in [0.2, 0.25) is 0 Å². The Bertz CT molecular complexity index is 730. The van der Waals surface area contributed by atoms with E-state index in [4.69, 9.17) is 0 Å². The Hall–Kier alpha value is -2.37. The Morgan fingerprint density at radius 2 is 1.81 bits per heavy atom. The number of urea groups is 1. The van der Waals surface area contributed by atoms with Gasteiger partial charge in [0.05, 0.1) is 0 Å². The predicted octanol–water partition coefficient (Wildman–Crippen LogP) is 3.18. The highest BCUT2D eigenvalue weighted by Gasteiger charge is 2.51. The molecule has 6 nitrogen and oxygen atoms in total. The fraction of sp³-hybridized carbons (Fsp3) is 0.550. The van der Waals surface area contributed by atoms with Gasteiger partial charge in [-0.1, -0.05) is 58.2 Å². The van der Waals surface area contributed by atoms with E-state index in [9.17, 15) is 14.4 Å². The number of nitrogens with one attached hydrogen (secondary N) is 2. The number of benzene rings is 1. The minimum atomic E-state index is -0.793. The zero-order valence-electron chi connectivity index (χ0n) is 15.7.